The average Bonchev–Trinajstić information content (AvgIpc) is 2.90. The van der Waals surface area contributed by atoms with Gasteiger partial charge >= 0.3 is 0 Å². The van der Waals surface area contributed by atoms with E-state index < -0.39 is 12.6 Å². The normalized spacial score (nSPS) is 15.3. The minimum absolute atomic E-state index is 0.229. The number of carboxylic acids is 1. The molecule has 0 bridgehead atoms. The lowest BCUT2D eigenvalue weighted by atomic mass is 10.1. The summed E-state index contributed by atoms with van der Waals surface area (Å²) in [5.74, 6) is -1.34. The van der Waals surface area contributed by atoms with Crippen LogP contribution in [0.5, 0.6) is 5.75 Å². The van der Waals surface area contributed by atoms with Crippen LogP contribution in [-0.4, -0.2) is 24.2 Å². The van der Waals surface area contributed by atoms with Crippen molar-refractivity contribution in [3.05, 3.63) is 64.7 Å². The van der Waals surface area contributed by atoms with E-state index in [1.54, 1.807) is 43.3 Å². The zero-order chi connectivity index (χ0) is 18.7. The number of ether oxygens (including phenoxy) is 1. The molecular formula is C19H14ClN2O4-. The van der Waals surface area contributed by atoms with Crippen molar-refractivity contribution in [2.45, 2.75) is 6.92 Å². The predicted molar refractivity (Wildman–Crippen MR) is 97.0 cm³/mol. The zero-order valence-electron chi connectivity index (χ0n) is 13.8. The lowest BCUT2D eigenvalue weighted by Gasteiger charge is -2.11. The molecule has 0 spiro atoms. The number of aliphatic carboxylic acids is 1. The Labute approximate surface area is 155 Å². The summed E-state index contributed by atoms with van der Waals surface area (Å²) in [5.41, 5.74) is 2.40. The minimum Gasteiger partial charge on any atom is -0.546 e. The lowest BCUT2D eigenvalue weighted by Crippen LogP contribution is -2.28. The largest absolute Gasteiger partial charge is 0.546 e. The quantitative estimate of drug-likeness (QED) is 0.757. The van der Waals surface area contributed by atoms with Gasteiger partial charge in [-0.2, -0.15) is 10.1 Å². The van der Waals surface area contributed by atoms with E-state index in [-0.39, 0.29) is 16.7 Å². The van der Waals surface area contributed by atoms with Gasteiger partial charge in [0.2, 0.25) is 0 Å². The Hall–Kier alpha value is -3.12. The number of anilines is 1. The van der Waals surface area contributed by atoms with Crippen molar-refractivity contribution >= 4 is 41.0 Å². The second kappa shape index (κ2) is 7.41. The molecule has 2 aromatic rings. The number of halogens is 1. The number of amides is 1. The number of rotatable bonds is 5. The van der Waals surface area contributed by atoms with Crippen molar-refractivity contribution in [2.24, 2.45) is 5.10 Å². The summed E-state index contributed by atoms with van der Waals surface area (Å²) in [5, 5.41) is 16.3. The van der Waals surface area contributed by atoms with Crippen molar-refractivity contribution in [1.29, 1.82) is 0 Å². The van der Waals surface area contributed by atoms with E-state index in [1.807, 2.05) is 18.2 Å². The molecule has 0 radical (unpaired) electrons. The number of hydrazone groups is 1. The molecule has 1 heterocycles. The number of carboxylic acid groups (broad SMARTS) is 1. The van der Waals surface area contributed by atoms with Gasteiger partial charge in [-0.25, -0.2) is 0 Å². The van der Waals surface area contributed by atoms with Gasteiger partial charge in [-0.3, -0.25) is 4.79 Å². The molecule has 0 atom stereocenters. The maximum absolute atomic E-state index is 12.7. The standard InChI is InChI=1S/C19H15ClN2O4/c1-12-15(19(25)22(21-12)14-5-3-2-4-6-14)9-13-7-8-17(16(20)10-13)26-11-18(23)24/h2-10H,11H2,1H3,(H,23,24)/p-1/b15-9+. The first kappa shape index (κ1) is 17.7. The van der Waals surface area contributed by atoms with Gasteiger partial charge in [-0.15, -0.1) is 0 Å². The molecule has 3 rings (SSSR count). The Bertz CT molecular complexity index is 922. The molecule has 1 aliphatic rings. The van der Waals surface area contributed by atoms with Crippen molar-refractivity contribution in [3.63, 3.8) is 0 Å². The lowest BCUT2D eigenvalue weighted by molar-refractivity contribution is -0.307. The number of carbonyl (C=O) groups excluding carboxylic acids is 2. The average molecular weight is 370 g/mol. The molecule has 1 aliphatic heterocycles. The van der Waals surface area contributed by atoms with Crippen LogP contribution in [0, 0.1) is 0 Å². The monoisotopic (exact) mass is 369 g/mol. The zero-order valence-corrected chi connectivity index (χ0v) is 14.6. The van der Waals surface area contributed by atoms with Gasteiger partial charge in [0.25, 0.3) is 5.91 Å². The summed E-state index contributed by atoms with van der Waals surface area (Å²) >= 11 is 6.10. The molecule has 7 heteroatoms. The maximum Gasteiger partial charge on any atom is 0.280 e. The van der Waals surface area contributed by atoms with E-state index >= 15 is 0 Å². The van der Waals surface area contributed by atoms with Crippen LogP contribution >= 0.6 is 11.6 Å². The van der Waals surface area contributed by atoms with Crippen LogP contribution in [0.1, 0.15) is 12.5 Å². The third-order valence-corrected chi connectivity index (χ3v) is 3.97. The van der Waals surface area contributed by atoms with Crippen LogP contribution in [0.15, 0.2) is 59.2 Å². The molecule has 0 aliphatic carbocycles. The summed E-state index contributed by atoms with van der Waals surface area (Å²) < 4.78 is 5.03. The summed E-state index contributed by atoms with van der Waals surface area (Å²) in [6.45, 7) is 1.17. The molecule has 6 nitrogen and oxygen atoms in total. The van der Waals surface area contributed by atoms with Crippen molar-refractivity contribution < 1.29 is 19.4 Å². The third kappa shape index (κ3) is 3.75. The maximum atomic E-state index is 12.7. The number of hydrogen-bond donors (Lipinski definition) is 0. The molecule has 2 aromatic carbocycles. The van der Waals surface area contributed by atoms with Crippen LogP contribution in [0.3, 0.4) is 0 Å². The van der Waals surface area contributed by atoms with Gasteiger partial charge < -0.3 is 14.6 Å². The Balaban J connectivity index is 1.84. The highest BCUT2D eigenvalue weighted by Gasteiger charge is 2.28. The highest BCUT2D eigenvalue weighted by atomic mass is 35.5. The van der Waals surface area contributed by atoms with E-state index in [2.05, 4.69) is 5.10 Å². The Morgan fingerprint density at radius 3 is 2.65 bits per heavy atom. The molecule has 1 amide bonds. The molecule has 0 aromatic heterocycles. The molecule has 132 valence electrons. The minimum atomic E-state index is -1.34. The van der Waals surface area contributed by atoms with Crippen LogP contribution in [-0.2, 0) is 9.59 Å². The van der Waals surface area contributed by atoms with Crippen molar-refractivity contribution in [3.8, 4) is 5.75 Å². The van der Waals surface area contributed by atoms with Gasteiger partial charge in [0.05, 0.1) is 28.0 Å². The summed E-state index contributed by atoms with van der Waals surface area (Å²) in [4.78, 5) is 23.1. The van der Waals surface area contributed by atoms with Gasteiger partial charge in [0, 0.05) is 0 Å². The van der Waals surface area contributed by atoms with E-state index in [9.17, 15) is 14.7 Å². The first-order valence-corrected chi connectivity index (χ1v) is 8.12. The molecule has 0 unspecified atom stereocenters. The molecule has 0 N–H and O–H groups in total. The number of para-hydroxylation sites is 1. The van der Waals surface area contributed by atoms with Gasteiger partial charge in [-0.1, -0.05) is 35.9 Å². The topological polar surface area (TPSA) is 82.0 Å². The van der Waals surface area contributed by atoms with Crippen LogP contribution in [0.25, 0.3) is 6.08 Å². The number of nitrogens with zero attached hydrogens (tertiary/aromatic N) is 2. The third-order valence-electron chi connectivity index (χ3n) is 3.68. The Kier molecular flexibility index (Phi) is 5.04. The molecule has 0 saturated carbocycles. The van der Waals surface area contributed by atoms with E-state index in [0.717, 1.165) is 0 Å². The summed E-state index contributed by atoms with van der Waals surface area (Å²) in [6, 6.07) is 13.9. The number of benzene rings is 2. The Morgan fingerprint density at radius 2 is 2.00 bits per heavy atom. The van der Waals surface area contributed by atoms with E-state index in [0.29, 0.717) is 22.5 Å². The first-order valence-electron chi connectivity index (χ1n) is 7.74. The highest BCUT2D eigenvalue weighted by molar-refractivity contribution is 6.33. The fraction of sp³-hybridized carbons (Fsp3) is 0.105. The van der Waals surface area contributed by atoms with Crippen LogP contribution in [0.4, 0.5) is 5.69 Å². The molecular weight excluding hydrogens is 356 g/mol. The van der Waals surface area contributed by atoms with Crippen LogP contribution in [0.2, 0.25) is 5.02 Å². The van der Waals surface area contributed by atoms with Crippen molar-refractivity contribution in [1.82, 2.24) is 0 Å². The summed E-state index contributed by atoms with van der Waals surface area (Å²) in [7, 11) is 0. The fourth-order valence-electron chi connectivity index (χ4n) is 2.46. The number of carbonyl (C=O) groups is 2. The molecule has 26 heavy (non-hydrogen) atoms. The number of hydrogen-bond acceptors (Lipinski definition) is 5. The van der Waals surface area contributed by atoms with Gasteiger partial charge in [0.1, 0.15) is 12.4 Å². The SMILES string of the molecule is CC1=NN(c2ccccc2)C(=O)/C1=C/c1ccc(OCC(=O)[O-])c(Cl)c1. The predicted octanol–water partition coefficient (Wildman–Crippen LogP) is 2.27. The van der Waals surface area contributed by atoms with Crippen LogP contribution < -0.4 is 14.9 Å². The molecule has 0 fully saturated rings. The fourth-order valence-corrected chi connectivity index (χ4v) is 2.70. The van der Waals surface area contributed by atoms with Crippen molar-refractivity contribution in [2.75, 3.05) is 11.6 Å². The first-order chi connectivity index (χ1) is 12.5. The van der Waals surface area contributed by atoms with E-state index in [1.165, 1.54) is 5.01 Å². The smallest absolute Gasteiger partial charge is 0.280 e. The van der Waals surface area contributed by atoms with Gasteiger partial charge in [-0.05, 0) is 42.8 Å². The van der Waals surface area contributed by atoms with Gasteiger partial charge in [0.15, 0.2) is 0 Å². The summed E-state index contributed by atoms with van der Waals surface area (Å²) in [6.07, 6.45) is 1.68. The Morgan fingerprint density at radius 1 is 1.27 bits per heavy atom. The van der Waals surface area contributed by atoms with E-state index in [4.69, 9.17) is 16.3 Å². The molecule has 0 saturated heterocycles. The highest BCUT2D eigenvalue weighted by Crippen LogP contribution is 2.28. The second-order valence-electron chi connectivity index (χ2n) is 5.55. The second-order valence-corrected chi connectivity index (χ2v) is 5.95.